The first-order valence-electron chi connectivity index (χ1n) is 6.55. The van der Waals surface area contributed by atoms with E-state index in [1.54, 1.807) is 0 Å². The van der Waals surface area contributed by atoms with Gasteiger partial charge in [0.25, 0.3) is 0 Å². The highest BCUT2D eigenvalue weighted by Crippen LogP contribution is 2.35. The molecule has 2 rings (SSSR count). The summed E-state index contributed by atoms with van der Waals surface area (Å²) >= 11 is 9.22. The second-order valence-electron chi connectivity index (χ2n) is 4.78. The first-order valence-corrected chi connectivity index (χ1v) is 7.72. The number of benzene rings is 2. The molecule has 0 fully saturated rings. The minimum absolute atomic E-state index is 0.118. The molecule has 112 valence electrons. The molecule has 0 aliphatic carbocycles. The minimum atomic E-state index is 0.118. The molecule has 1 atom stereocenters. The van der Waals surface area contributed by atoms with Crippen LogP contribution in [0, 0.1) is 0 Å². The molecule has 5 heteroatoms. The lowest BCUT2D eigenvalue weighted by Crippen LogP contribution is -2.18. The van der Waals surface area contributed by atoms with Crippen molar-refractivity contribution in [2.24, 2.45) is 0 Å². The molecule has 2 aromatic rings. The summed E-state index contributed by atoms with van der Waals surface area (Å²) < 4.78 is 5.77. The van der Waals surface area contributed by atoms with Gasteiger partial charge < -0.3 is 15.2 Å². The fourth-order valence-electron chi connectivity index (χ4n) is 2.03. The summed E-state index contributed by atoms with van der Waals surface area (Å²) in [6.07, 6.45) is 0. The van der Waals surface area contributed by atoms with Crippen molar-refractivity contribution in [1.29, 1.82) is 0 Å². The fraction of sp³-hybridized carbons (Fsp3) is 0.250. The third kappa shape index (κ3) is 4.13. The van der Waals surface area contributed by atoms with Gasteiger partial charge in [0.2, 0.25) is 0 Å². The Hall–Kier alpha value is -1.23. The fourth-order valence-corrected chi connectivity index (χ4v) is 2.64. The number of phenolic OH excluding ortho intramolecular Hbond substituents is 1. The van der Waals surface area contributed by atoms with E-state index >= 15 is 0 Å². The number of rotatable bonds is 5. The number of halogens is 2. The van der Waals surface area contributed by atoms with Crippen molar-refractivity contribution >= 4 is 27.5 Å². The Morgan fingerprint density at radius 3 is 2.57 bits per heavy atom. The van der Waals surface area contributed by atoms with Crippen molar-refractivity contribution in [2.75, 3.05) is 7.11 Å². The molecule has 21 heavy (non-hydrogen) atoms. The van der Waals surface area contributed by atoms with Crippen LogP contribution in [0.5, 0.6) is 11.5 Å². The third-order valence-electron chi connectivity index (χ3n) is 3.29. The zero-order valence-electron chi connectivity index (χ0n) is 11.9. The molecule has 1 unspecified atom stereocenters. The summed E-state index contributed by atoms with van der Waals surface area (Å²) in [6.45, 7) is 2.76. The zero-order chi connectivity index (χ0) is 15.4. The Bertz CT molecular complexity index is 616. The highest BCUT2D eigenvalue weighted by molar-refractivity contribution is 9.10. The van der Waals surface area contributed by atoms with Crippen molar-refractivity contribution in [3.63, 3.8) is 0 Å². The van der Waals surface area contributed by atoms with Crippen molar-refractivity contribution < 1.29 is 9.84 Å². The predicted octanol–water partition coefficient (Wildman–Crippen LogP) is 4.67. The maximum absolute atomic E-state index is 9.80. The molecule has 0 aromatic heterocycles. The van der Waals surface area contributed by atoms with Crippen molar-refractivity contribution in [3.8, 4) is 11.5 Å². The van der Waals surface area contributed by atoms with Crippen LogP contribution in [0.15, 0.2) is 40.9 Å². The molecule has 0 aliphatic rings. The number of ether oxygens (including phenoxy) is 1. The van der Waals surface area contributed by atoms with Crippen LogP contribution in [0.1, 0.15) is 24.1 Å². The quantitative estimate of drug-likeness (QED) is 0.804. The highest BCUT2D eigenvalue weighted by atomic mass is 79.9. The first-order chi connectivity index (χ1) is 10.0. The molecule has 0 heterocycles. The predicted molar refractivity (Wildman–Crippen MR) is 89.1 cm³/mol. The molecule has 2 N–H and O–H groups in total. The monoisotopic (exact) mass is 369 g/mol. The van der Waals surface area contributed by atoms with Gasteiger partial charge in [0.1, 0.15) is 0 Å². The summed E-state index contributed by atoms with van der Waals surface area (Å²) in [5, 5.41) is 14.0. The topological polar surface area (TPSA) is 41.5 Å². The second kappa shape index (κ2) is 7.16. The van der Waals surface area contributed by atoms with Gasteiger partial charge in [-0.05, 0) is 58.2 Å². The van der Waals surface area contributed by atoms with Crippen LogP contribution in [0.25, 0.3) is 0 Å². The van der Waals surface area contributed by atoms with Gasteiger partial charge in [-0.3, -0.25) is 0 Å². The van der Waals surface area contributed by atoms with E-state index in [-0.39, 0.29) is 11.8 Å². The lowest BCUT2D eigenvalue weighted by atomic mass is 10.1. The van der Waals surface area contributed by atoms with Crippen LogP contribution in [-0.2, 0) is 6.54 Å². The van der Waals surface area contributed by atoms with E-state index in [4.69, 9.17) is 16.3 Å². The Kier molecular flexibility index (Phi) is 5.51. The number of aromatic hydroxyl groups is 1. The van der Waals surface area contributed by atoms with Gasteiger partial charge in [-0.25, -0.2) is 0 Å². The largest absolute Gasteiger partial charge is 0.503 e. The van der Waals surface area contributed by atoms with Crippen LogP contribution >= 0.6 is 27.5 Å². The lowest BCUT2D eigenvalue weighted by molar-refractivity contribution is 0.371. The standard InChI is InChI=1S/C16H17BrClNO2/c1-10(12-3-5-13(18)6-4-12)19-9-11-7-14(17)16(20)15(8-11)21-2/h3-8,10,19-20H,9H2,1-2H3. The number of hydrogen-bond acceptors (Lipinski definition) is 3. The maximum atomic E-state index is 9.80. The van der Waals surface area contributed by atoms with Gasteiger partial charge in [-0.1, -0.05) is 23.7 Å². The Balaban J connectivity index is 2.05. The van der Waals surface area contributed by atoms with Gasteiger partial charge in [0.15, 0.2) is 11.5 Å². The van der Waals surface area contributed by atoms with Crippen molar-refractivity contribution in [1.82, 2.24) is 5.32 Å². The molecule has 0 saturated carbocycles. The van der Waals surface area contributed by atoms with E-state index in [0.717, 1.165) is 10.6 Å². The summed E-state index contributed by atoms with van der Waals surface area (Å²) in [6, 6.07) is 11.7. The number of nitrogens with one attached hydrogen (secondary N) is 1. The molecule has 3 nitrogen and oxygen atoms in total. The van der Waals surface area contributed by atoms with Gasteiger partial charge in [-0.2, -0.15) is 0 Å². The Morgan fingerprint density at radius 1 is 1.29 bits per heavy atom. The molecule has 0 saturated heterocycles. The third-order valence-corrected chi connectivity index (χ3v) is 4.15. The van der Waals surface area contributed by atoms with Gasteiger partial charge >= 0.3 is 0 Å². The summed E-state index contributed by atoms with van der Waals surface area (Å²) in [5.74, 6) is 0.576. The molecular weight excluding hydrogens is 354 g/mol. The summed E-state index contributed by atoms with van der Waals surface area (Å²) in [4.78, 5) is 0. The molecule has 0 aliphatic heterocycles. The van der Waals surface area contributed by atoms with Crippen LogP contribution < -0.4 is 10.1 Å². The zero-order valence-corrected chi connectivity index (χ0v) is 14.2. The van der Waals surface area contributed by atoms with Crippen LogP contribution in [-0.4, -0.2) is 12.2 Å². The van der Waals surface area contributed by atoms with Gasteiger partial charge in [0, 0.05) is 17.6 Å². The minimum Gasteiger partial charge on any atom is -0.503 e. The van der Waals surface area contributed by atoms with Gasteiger partial charge in [-0.15, -0.1) is 0 Å². The normalized spacial score (nSPS) is 12.2. The van der Waals surface area contributed by atoms with Crippen LogP contribution in [0.4, 0.5) is 0 Å². The van der Waals surface area contributed by atoms with Gasteiger partial charge in [0.05, 0.1) is 11.6 Å². The highest BCUT2D eigenvalue weighted by Gasteiger charge is 2.10. The Morgan fingerprint density at radius 2 is 1.95 bits per heavy atom. The molecule has 2 aromatic carbocycles. The summed E-state index contributed by atoms with van der Waals surface area (Å²) in [7, 11) is 1.54. The smallest absolute Gasteiger partial charge is 0.172 e. The Labute approximate surface area is 138 Å². The van der Waals surface area contributed by atoms with E-state index in [2.05, 4.69) is 28.2 Å². The lowest BCUT2D eigenvalue weighted by Gasteiger charge is -2.15. The maximum Gasteiger partial charge on any atom is 0.172 e. The molecule has 0 bridgehead atoms. The molecule has 0 spiro atoms. The van der Waals surface area contributed by atoms with Crippen LogP contribution in [0.2, 0.25) is 5.02 Å². The molecular formula is C16H17BrClNO2. The average molecular weight is 371 g/mol. The number of hydrogen-bond donors (Lipinski definition) is 2. The van der Waals surface area contributed by atoms with Crippen LogP contribution in [0.3, 0.4) is 0 Å². The number of methoxy groups -OCH3 is 1. The van der Waals surface area contributed by atoms with E-state index in [1.165, 1.54) is 12.7 Å². The average Bonchev–Trinajstić information content (AvgIpc) is 2.48. The SMILES string of the molecule is COc1cc(CNC(C)c2ccc(Cl)cc2)cc(Br)c1O. The van der Waals surface area contributed by atoms with Crippen molar-refractivity contribution in [3.05, 3.63) is 57.0 Å². The van der Waals surface area contributed by atoms with E-state index in [9.17, 15) is 5.11 Å². The number of phenols is 1. The van der Waals surface area contributed by atoms with E-state index < -0.39 is 0 Å². The second-order valence-corrected chi connectivity index (χ2v) is 6.07. The first kappa shape index (κ1) is 16.1. The molecule has 0 amide bonds. The summed E-state index contributed by atoms with van der Waals surface area (Å²) in [5.41, 5.74) is 2.20. The van der Waals surface area contributed by atoms with Crippen molar-refractivity contribution in [2.45, 2.75) is 19.5 Å². The van der Waals surface area contributed by atoms with E-state index in [1.807, 2.05) is 36.4 Å². The van der Waals surface area contributed by atoms with E-state index in [0.29, 0.717) is 16.8 Å². The molecule has 0 radical (unpaired) electrons.